The second-order valence-electron chi connectivity index (χ2n) is 4.18. The highest BCUT2D eigenvalue weighted by atomic mass is 79.9. The Hall–Kier alpha value is -1.24. The molecule has 0 spiro atoms. The molecule has 2 N–H and O–H groups in total. The molecule has 0 aliphatic carbocycles. The Morgan fingerprint density at radius 1 is 1.42 bits per heavy atom. The number of aromatic hydroxyl groups is 1. The summed E-state index contributed by atoms with van der Waals surface area (Å²) in [6, 6.07) is 0.425. The maximum Gasteiger partial charge on any atom is 0.254 e. The summed E-state index contributed by atoms with van der Waals surface area (Å²) in [5, 5.41) is 12.2. The van der Waals surface area contributed by atoms with Gasteiger partial charge in [-0.25, -0.2) is 8.78 Å². The molecule has 1 aromatic carbocycles. The van der Waals surface area contributed by atoms with Crippen molar-refractivity contribution < 1.29 is 23.1 Å². The largest absolute Gasteiger partial charge is 0.503 e. The predicted octanol–water partition coefficient (Wildman–Crippen LogP) is 2.96. The van der Waals surface area contributed by atoms with E-state index in [1.54, 1.807) is 0 Å². The van der Waals surface area contributed by atoms with Crippen LogP contribution in [-0.2, 0) is 0 Å². The summed E-state index contributed by atoms with van der Waals surface area (Å²) in [5.74, 6) is -6.89. The van der Waals surface area contributed by atoms with Gasteiger partial charge < -0.3 is 10.4 Å². The smallest absolute Gasteiger partial charge is 0.254 e. The minimum atomic E-state index is -1.71. The van der Waals surface area contributed by atoms with Crippen molar-refractivity contribution in [2.24, 2.45) is 5.92 Å². The van der Waals surface area contributed by atoms with Gasteiger partial charge >= 0.3 is 0 Å². The average Bonchev–Trinajstić information content (AvgIpc) is 2.38. The Labute approximate surface area is 116 Å². The fraction of sp³-hybridized carbons (Fsp3) is 0.417. The van der Waals surface area contributed by atoms with E-state index in [2.05, 4.69) is 21.2 Å². The zero-order valence-electron chi connectivity index (χ0n) is 10.1. The van der Waals surface area contributed by atoms with Gasteiger partial charge in [0.05, 0.1) is 5.56 Å². The third kappa shape index (κ3) is 3.86. The van der Waals surface area contributed by atoms with Crippen LogP contribution in [0.2, 0.25) is 0 Å². The van der Waals surface area contributed by atoms with E-state index in [9.17, 15) is 18.0 Å². The summed E-state index contributed by atoms with van der Waals surface area (Å²) in [7, 11) is 0. The lowest BCUT2D eigenvalue weighted by atomic mass is 10.1. The van der Waals surface area contributed by atoms with Crippen molar-refractivity contribution in [3.8, 4) is 5.75 Å². The van der Waals surface area contributed by atoms with E-state index in [4.69, 9.17) is 5.11 Å². The third-order valence-electron chi connectivity index (χ3n) is 2.59. The van der Waals surface area contributed by atoms with E-state index < -0.39 is 34.7 Å². The molecule has 19 heavy (non-hydrogen) atoms. The van der Waals surface area contributed by atoms with E-state index >= 15 is 0 Å². The molecule has 106 valence electrons. The van der Waals surface area contributed by atoms with Gasteiger partial charge in [0.25, 0.3) is 5.91 Å². The molecule has 1 unspecified atom stereocenters. The van der Waals surface area contributed by atoms with E-state index in [0.29, 0.717) is 6.07 Å². The van der Waals surface area contributed by atoms with Crippen LogP contribution in [0.5, 0.6) is 5.75 Å². The zero-order valence-corrected chi connectivity index (χ0v) is 11.7. The normalized spacial score (nSPS) is 12.3. The molecule has 7 heteroatoms. The minimum Gasteiger partial charge on any atom is -0.503 e. The van der Waals surface area contributed by atoms with E-state index in [-0.39, 0.29) is 12.5 Å². The lowest BCUT2D eigenvalue weighted by Gasteiger charge is -2.12. The number of halogens is 4. The van der Waals surface area contributed by atoms with Gasteiger partial charge in [-0.15, -0.1) is 0 Å². The first-order valence-electron chi connectivity index (χ1n) is 5.59. The molecule has 0 radical (unpaired) electrons. The summed E-state index contributed by atoms with van der Waals surface area (Å²) in [6.07, 6.45) is 0.797. The van der Waals surface area contributed by atoms with Crippen LogP contribution in [0.4, 0.5) is 13.2 Å². The third-order valence-corrected chi connectivity index (χ3v) is 3.05. The van der Waals surface area contributed by atoms with E-state index in [1.807, 2.05) is 6.92 Å². The fourth-order valence-electron chi connectivity index (χ4n) is 1.41. The minimum absolute atomic E-state index is 0.144. The first-order chi connectivity index (χ1) is 8.88. The highest BCUT2D eigenvalue weighted by Gasteiger charge is 2.22. The van der Waals surface area contributed by atoms with Gasteiger partial charge in [0.2, 0.25) is 5.82 Å². The quantitative estimate of drug-likeness (QED) is 0.640. The molecule has 0 bridgehead atoms. The maximum absolute atomic E-state index is 13.4. The van der Waals surface area contributed by atoms with Crippen LogP contribution in [0.15, 0.2) is 6.07 Å². The lowest BCUT2D eigenvalue weighted by Crippen LogP contribution is -2.29. The van der Waals surface area contributed by atoms with Crippen LogP contribution in [0.1, 0.15) is 23.7 Å². The Morgan fingerprint density at radius 2 is 2.05 bits per heavy atom. The van der Waals surface area contributed by atoms with Gasteiger partial charge in [0, 0.05) is 11.9 Å². The second kappa shape index (κ2) is 6.79. The number of hydrogen-bond acceptors (Lipinski definition) is 2. The van der Waals surface area contributed by atoms with Crippen molar-refractivity contribution in [3.63, 3.8) is 0 Å². The van der Waals surface area contributed by atoms with Gasteiger partial charge in [0.15, 0.2) is 17.4 Å². The van der Waals surface area contributed by atoms with Crippen LogP contribution in [-0.4, -0.2) is 22.9 Å². The number of carbonyl (C=O) groups excluding carboxylic acids is 1. The Morgan fingerprint density at radius 3 is 2.63 bits per heavy atom. The molecule has 0 saturated heterocycles. The van der Waals surface area contributed by atoms with Crippen molar-refractivity contribution in [1.29, 1.82) is 0 Å². The summed E-state index contributed by atoms with van der Waals surface area (Å²) in [4.78, 5) is 11.6. The van der Waals surface area contributed by atoms with E-state index in [1.165, 1.54) is 0 Å². The van der Waals surface area contributed by atoms with Gasteiger partial charge in [-0.2, -0.15) is 4.39 Å². The van der Waals surface area contributed by atoms with Crippen molar-refractivity contribution in [2.45, 2.75) is 13.3 Å². The highest BCUT2D eigenvalue weighted by molar-refractivity contribution is 9.09. The lowest BCUT2D eigenvalue weighted by molar-refractivity contribution is 0.0942. The molecule has 0 aliphatic heterocycles. The first-order valence-corrected chi connectivity index (χ1v) is 6.71. The molecular formula is C12H13BrF3NO2. The number of alkyl halides is 1. The maximum atomic E-state index is 13.4. The van der Waals surface area contributed by atoms with Crippen LogP contribution in [0.3, 0.4) is 0 Å². The summed E-state index contributed by atoms with van der Waals surface area (Å²) in [5.41, 5.74) is -0.720. The second-order valence-corrected chi connectivity index (χ2v) is 4.97. The molecule has 1 atom stereocenters. The Kier molecular flexibility index (Phi) is 5.65. The van der Waals surface area contributed by atoms with Gasteiger partial charge in [-0.05, 0) is 18.4 Å². The number of hydrogen-bond donors (Lipinski definition) is 2. The number of amides is 1. The predicted molar refractivity (Wildman–Crippen MR) is 67.9 cm³/mol. The van der Waals surface area contributed by atoms with Crippen LogP contribution >= 0.6 is 15.9 Å². The number of carbonyl (C=O) groups is 1. The molecular weight excluding hydrogens is 327 g/mol. The molecule has 1 aromatic rings. The number of rotatable bonds is 5. The number of phenolic OH excluding ortho intramolecular Hbond substituents is 1. The number of phenols is 1. The van der Waals surface area contributed by atoms with Crippen LogP contribution < -0.4 is 5.32 Å². The fourth-order valence-corrected chi connectivity index (χ4v) is 2.19. The van der Waals surface area contributed by atoms with Crippen molar-refractivity contribution >= 4 is 21.8 Å². The monoisotopic (exact) mass is 339 g/mol. The summed E-state index contributed by atoms with van der Waals surface area (Å²) < 4.78 is 39.3. The standard InChI is InChI=1S/C12H13BrF3NO2/c1-6(2-3-13)5-17-12(19)7-4-8(14)10(16)11(18)9(7)15/h4,6,18H,2-3,5H2,1H3,(H,17,19). The number of nitrogens with one attached hydrogen (secondary N) is 1. The van der Waals surface area contributed by atoms with Crippen molar-refractivity contribution in [1.82, 2.24) is 5.32 Å². The molecule has 0 aliphatic rings. The SMILES string of the molecule is CC(CCBr)CNC(=O)c1cc(F)c(F)c(O)c1F. The first kappa shape index (κ1) is 15.8. The van der Waals surface area contributed by atoms with Crippen molar-refractivity contribution in [2.75, 3.05) is 11.9 Å². The number of benzene rings is 1. The molecule has 0 fully saturated rings. The zero-order chi connectivity index (χ0) is 14.6. The molecule has 1 rings (SSSR count). The molecule has 0 heterocycles. The van der Waals surface area contributed by atoms with Crippen LogP contribution in [0.25, 0.3) is 0 Å². The Bertz CT molecular complexity index is 483. The summed E-state index contributed by atoms with van der Waals surface area (Å²) >= 11 is 3.24. The van der Waals surface area contributed by atoms with Gasteiger partial charge in [-0.3, -0.25) is 4.79 Å². The van der Waals surface area contributed by atoms with E-state index in [0.717, 1.165) is 11.8 Å². The summed E-state index contributed by atoms with van der Waals surface area (Å²) in [6.45, 7) is 2.14. The molecule has 0 saturated carbocycles. The topological polar surface area (TPSA) is 49.3 Å². The van der Waals surface area contributed by atoms with Crippen LogP contribution in [0, 0.1) is 23.4 Å². The average molecular weight is 340 g/mol. The van der Waals surface area contributed by atoms with Gasteiger partial charge in [-0.1, -0.05) is 22.9 Å². The molecule has 3 nitrogen and oxygen atoms in total. The highest BCUT2D eigenvalue weighted by Crippen LogP contribution is 2.25. The molecule has 1 amide bonds. The Balaban J connectivity index is 2.83. The van der Waals surface area contributed by atoms with Crippen molar-refractivity contribution in [3.05, 3.63) is 29.1 Å². The molecule has 0 aromatic heterocycles. The van der Waals surface area contributed by atoms with Gasteiger partial charge in [0.1, 0.15) is 0 Å².